The monoisotopic (exact) mass is 370 g/mol. The molecule has 0 saturated heterocycles. The third-order valence-electron chi connectivity index (χ3n) is 3.10. The first kappa shape index (κ1) is 16.1. The molecule has 0 spiro atoms. The Balaban J connectivity index is 2.19. The van der Waals surface area contributed by atoms with E-state index in [1.54, 1.807) is 19.2 Å². The third-order valence-corrected chi connectivity index (χ3v) is 4.88. The van der Waals surface area contributed by atoms with Crippen LogP contribution in [0.2, 0.25) is 0 Å². The lowest BCUT2D eigenvalue weighted by Gasteiger charge is -2.17. The number of hydrogen-bond donors (Lipinski definition) is 0. The minimum Gasteiger partial charge on any atom is -0.337 e. The molecule has 1 aromatic heterocycles. The fourth-order valence-electron chi connectivity index (χ4n) is 1.97. The second-order valence-corrected chi connectivity index (χ2v) is 6.77. The Hall–Kier alpha value is -1.27. The van der Waals surface area contributed by atoms with Crippen LogP contribution in [-0.2, 0) is 13.0 Å². The van der Waals surface area contributed by atoms with Gasteiger partial charge in [-0.1, -0.05) is 22.9 Å². The second-order valence-electron chi connectivity index (χ2n) is 4.77. The molecule has 0 atom stereocenters. The van der Waals surface area contributed by atoms with Crippen molar-refractivity contribution in [3.05, 3.63) is 49.6 Å². The van der Waals surface area contributed by atoms with E-state index in [2.05, 4.69) is 20.9 Å². The average molecular weight is 371 g/mol. The van der Waals surface area contributed by atoms with E-state index in [0.717, 1.165) is 21.6 Å². The highest BCUT2D eigenvalue weighted by Crippen LogP contribution is 2.22. The average Bonchev–Trinajstić information content (AvgIpc) is 2.83. The molecule has 2 rings (SSSR count). The van der Waals surface area contributed by atoms with Crippen molar-refractivity contribution < 1.29 is 9.18 Å². The molecule has 6 heteroatoms. The SMILES string of the molecule is CCc1nc(C)c(C(=O)N(C)Cc2cc(Br)ccc2F)s1. The maximum absolute atomic E-state index is 13.8. The number of aryl methyl sites for hydroxylation is 2. The van der Waals surface area contributed by atoms with E-state index in [0.29, 0.717) is 10.4 Å². The van der Waals surface area contributed by atoms with Gasteiger partial charge < -0.3 is 4.90 Å². The lowest BCUT2D eigenvalue weighted by atomic mass is 10.2. The van der Waals surface area contributed by atoms with Gasteiger partial charge in [0.1, 0.15) is 10.7 Å². The molecule has 3 nitrogen and oxygen atoms in total. The number of carbonyl (C=O) groups is 1. The molecule has 1 heterocycles. The quantitative estimate of drug-likeness (QED) is 0.808. The van der Waals surface area contributed by atoms with Crippen LogP contribution in [0, 0.1) is 12.7 Å². The van der Waals surface area contributed by atoms with Crippen molar-refractivity contribution >= 4 is 33.2 Å². The first-order chi connectivity index (χ1) is 9.92. The summed E-state index contributed by atoms with van der Waals surface area (Å²) >= 11 is 4.72. The topological polar surface area (TPSA) is 33.2 Å². The molecule has 0 bridgehead atoms. The number of hydrogen-bond acceptors (Lipinski definition) is 3. The van der Waals surface area contributed by atoms with Crippen molar-refractivity contribution in [2.45, 2.75) is 26.8 Å². The van der Waals surface area contributed by atoms with Gasteiger partial charge in [-0.25, -0.2) is 9.37 Å². The summed E-state index contributed by atoms with van der Waals surface area (Å²) in [7, 11) is 1.67. The summed E-state index contributed by atoms with van der Waals surface area (Å²) < 4.78 is 14.6. The standard InChI is InChI=1S/C15H16BrFN2OS/c1-4-13-18-9(2)14(21-13)15(20)19(3)8-10-7-11(16)5-6-12(10)17/h5-7H,4,8H2,1-3H3. The fourth-order valence-corrected chi connectivity index (χ4v) is 3.37. The van der Waals surface area contributed by atoms with Crippen LogP contribution in [0.4, 0.5) is 4.39 Å². The van der Waals surface area contributed by atoms with Gasteiger partial charge in [-0.2, -0.15) is 0 Å². The number of amides is 1. The summed E-state index contributed by atoms with van der Waals surface area (Å²) in [5, 5.41) is 0.942. The third kappa shape index (κ3) is 3.68. The van der Waals surface area contributed by atoms with E-state index >= 15 is 0 Å². The van der Waals surface area contributed by atoms with E-state index in [-0.39, 0.29) is 18.3 Å². The Morgan fingerprint density at radius 3 is 2.81 bits per heavy atom. The van der Waals surface area contributed by atoms with Gasteiger partial charge in [-0.3, -0.25) is 4.79 Å². The van der Waals surface area contributed by atoms with Crippen LogP contribution in [0.3, 0.4) is 0 Å². The van der Waals surface area contributed by atoms with Gasteiger partial charge in [0.15, 0.2) is 0 Å². The zero-order valence-electron chi connectivity index (χ0n) is 12.1. The highest BCUT2D eigenvalue weighted by Gasteiger charge is 2.19. The van der Waals surface area contributed by atoms with Crippen molar-refractivity contribution in [3.8, 4) is 0 Å². The van der Waals surface area contributed by atoms with Crippen LogP contribution in [0.25, 0.3) is 0 Å². The molecule has 0 saturated carbocycles. The zero-order valence-corrected chi connectivity index (χ0v) is 14.5. The van der Waals surface area contributed by atoms with Crippen LogP contribution in [-0.4, -0.2) is 22.8 Å². The summed E-state index contributed by atoms with van der Waals surface area (Å²) in [5.41, 5.74) is 1.22. The number of nitrogens with zero attached hydrogens (tertiary/aromatic N) is 2. The van der Waals surface area contributed by atoms with E-state index < -0.39 is 0 Å². The predicted molar refractivity (Wildman–Crippen MR) is 86.1 cm³/mol. The van der Waals surface area contributed by atoms with Crippen molar-refractivity contribution in [1.29, 1.82) is 0 Å². The largest absolute Gasteiger partial charge is 0.337 e. The minimum atomic E-state index is -0.312. The Bertz CT molecular complexity index is 672. The van der Waals surface area contributed by atoms with Crippen molar-refractivity contribution in [1.82, 2.24) is 9.88 Å². The lowest BCUT2D eigenvalue weighted by Crippen LogP contribution is -2.26. The smallest absolute Gasteiger partial charge is 0.265 e. The summed E-state index contributed by atoms with van der Waals surface area (Å²) in [5.74, 6) is -0.433. The fraction of sp³-hybridized carbons (Fsp3) is 0.333. The van der Waals surface area contributed by atoms with Gasteiger partial charge in [0, 0.05) is 23.6 Å². The van der Waals surface area contributed by atoms with E-state index in [1.807, 2.05) is 13.8 Å². The summed E-state index contributed by atoms with van der Waals surface area (Å²) in [6.45, 7) is 4.06. The Labute approximate surface area is 135 Å². The van der Waals surface area contributed by atoms with Gasteiger partial charge in [0.25, 0.3) is 5.91 Å². The Morgan fingerprint density at radius 1 is 1.48 bits per heavy atom. The molecule has 0 aliphatic carbocycles. The van der Waals surface area contributed by atoms with Gasteiger partial charge in [0.05, 0.1) is 10.7 Å². The molecule has 0 unspecified atom stereocenters. The van der Waals surface area contributed by atoms with E-state index in [9.17, 15) is 9.18 Å². The molecule has 0 aliphatic heterocycles. The molecule has 2 aromatic rings. The summed E-state index contributed by atoms with van der Waals surface area (Å²) in [4.78, 5) is 19.0. The number of carbonyl (C=O) groups excluding carboxylic acids is 1. The molecular weight excluding hydrogens is 355 g/mol. The second kappa shape index (κ2) is 6.66. The molecule has 0 aliphatic rings. The molecule has 1 amide bonds. The molecule has 21 heavy (non-hydrogen) atoms. The van der Waals surface area contributed by atoms with Gasteiger partial charge >= 0.3 is 0 Å². The predicted octanol–water partition coefficient (Wildman–Crippen LogP) is 4.19. The van der Waals surface area contributed by atoms with Crippen LogP contribution in [0.15, 0.2) is 22.7 Å². The van der Waals surface area contributed by atoms with Crippen LogP contribution in [0.1, 0.15) is 32.9 Å². The van der Waals surface area contributed by atoms with Gasteiger partial charge in [-0.05, 0) is 31.5 Å². The Kier molecular flexibility index (Phi) is 5.11. The molecular formula is C15H16BrFN2OS. The molecule has 0 radical (unpaired) electrons. The number of halogens is 2. The van der Waals surface area contributed by atoms with Crippen LogP contribution in [0.5, 0.6) is 0 Å². The van der Waals surface area contributed by atoms with Crippen molar-refractivity contribution in [2.75, 3.05) is 7.05 Å². The van der Waals surface area contributed by atoms with Gasteiger partial charge in [-0.15, -0.1) is 11.3 Å². The van der Waals surface area contributed by atoms with Crippen molar-refractivity contribution in [2.24, 2.45) is 0 Å². The summed E-state index contributed by atoms with van der Waals surface area (Å²) in [6, 6.07) is 4.72. The maximum atomic E-state index is 13.8. The lowest BCUT2D eigenvalue weighted by molar-refractivity contribution is 0.0787. The minimum absolute atomic E-state index is 0.121. The number of benzene rings is 1. The normalized spacial score (nSPS) is 10.7. The number of rotatable bonds is 4. The first-order valence-corrected chi connectivity index (χ1v) is 8.19. The van der Waals surface area contributed by atoms with Crippen molar-refractivity contribution in [3.63, 3.8) is 0 Å². The molecule has 0 fully saturated rings. The summed E-state index contributed by atoms with van der Waals surface area (Å²) in [6.07, 6.45) is 0.808. The molecule has 1 aromatic carbocycles. The number of aromatic nitrogens is 1. The highest BCUT2D eigenvalue weighted by molar-refractivity contribution is 9.10. The van der Waals surface area contributed by atoms with E-state index in [4.69, 9.17) is 0 Å². The molecule has 112 valence electrons. The zero-order chi connectivity index (χ0) is 15.6. The first-order valence-electron chi connectivity index (χ1n) is 6.58. The van der Waals surface area contributed by atoms with Gasteiger partial charge in [0.2, 0.25) is 0 Å². The highest BCUT2D eigenvalue weighted by atomic mass is 79.9. The van der Waals surface area contributed by atoms with Crippen LogP contribution < -0.4 is 0 Å². The van der Waals surface area contributed by atoms with Crippen LogP contribution >= 0.6 is 27.3 Å². The number of thiazole rings is 1. The Morgan fingerprint density at radius 2 is 2.19 bits per heavy atom. The van der Waals surface area contributed by atoms with E-state index in [1.165, 1.54) is 22.3 Å². The maximum Gasteiger partial charge on any atom is 0.265 e. The molecule has 0 N–H and O–H groups in total.